The zero-order chi connectivity index (χ0) is 8.81. The molecule has 0 aliphatic carbocycles. The van der Waals surface area contributed by atoms with E-state index in [1.807, 2.05) is 0 Å². The van der Waals surface area contributed by atoms with Crippen LogP contribution in [0.25, 0.3) is 0 Å². The van der Waals surface area contributed by atoms with Gasteiger partial charge in [-0.15, -0.1) is 0 Å². The van der Waals surface area contributed by atoms with Crippen molar-refractivity contribution in [2.24, 2.45) is 5.73 Å². The lowest BCUT2D eigenvalue weighted by Crippen LogP contribution is -2.21. The van der Waals surface area contributed by atoms with E-state index in [1.165, 1.54) is 25.7 Å². The van der Waals surface area contributed by atoms with Gasteiger partial charge in [-0.05, 0) is 32.1 Å². The molecule has 2 unspecified atom stereocenters. The number of hydrogen-bond acceptors (Lipinski definition) is 2. The van der Waals surface area contributed by atoms with Crippen molar-refractivity contribution in [2.75, 3.05) is 6.61 Å². The summed E-state index contributed by atoms with van der Waals surface area (Å²) >= 11 is 0. The van der Waals surface area contributed by atoms with E-state index in [0.29, 0.717) is 12.1 Å². The van der Waals surface area contributed by atoms with Gasteiger partial charge in [-0.25, -0.2) is 0 Å². The molecule has 2 atom stereocenters. The molecule has 0 aromatic heterocycles. The van der Waals surface area contributed by atoms with Gasteiger partial charge < -0.3 is 10.5 Å². The van der Waals surface area contributed by atoms with Gasteiger partial charge >= 0.3 is 0 Å². The summed E-state index contributed by atoms with van der Waals surface area (Å²) in [5.41, 5.74) is 5.91. The first kappa shape index (κ1) is 10.0. The molecule has 0 amide bonds. The van der Waals surface area contributed by atoms with Crippen molar-refractivity contribution in [1.82, 2.24) is 0 Å². The quantitative estimate of drug-likeness (QED) is 0.687. The minimum atomic E-state index is 0.402. The maximum Gasteiger partial charge on any atom is 0.0576 e. The van der Waals surface area contributed by atoms with Crippen molar-refractivity contribution in [1.29, 1.82) is 0 Å². The van der Waals surface area contributed by atoms with Gasteiger partial charge in [0, 0.05) is 12.6 Å². The Morgan fingerprint density at radius 1 is 1.50 bits per heavy atom. The normalized spacial score (nSPS) is 26.0. The maximum absolute atomic E-state index is 5.91. The highest BCUT2D eigenvalue weighted by Crippen LogP contribution is 2.18. The zero-order valence-electron chi connectivity index (χ0n) is 8.09. The van der Waals surface area contributed by atoms with Gasteiger partial charge in [0.05, 0.1) is 6.10 Å². The van der Waals surface area contributed by atoms with Crippen molar-refractivity contribution in [3.63, 3.8) is 0 Å². The predicted molar refractivity (Wildman–Crippen MR) is 51.1 cm³/mol. The van der Waals surface area contributed by atoms with Gasteiger partial charge in [0.15, 0.2) is 0 Å². The first-order valence-electron chi connectivity index (χ1n) is 5.20. The van der Waals surface area contributed by atoms with E-state index in [1.54, 1.807) is 0 Å². The summed E-state index contributed by atoms with van der Waals surface area (Å²) in [6.07, 6.45) is 7.68. The van der Waals surface area contributed by atoms with Gasteiger partial charge in [-0.2, -0.15) is 0 Å². The standard InChI is InChI=1S/C10H21NO/c1-2-4-9(11)6-7-10-5-3-8-12-10/h9-10H,2-8,11H2,1H3. The second-order valence-corrected chi connectivity index (χ2v) is 3.76. The molecule has 12 heavy (non-hydrogen) atoms. The van der Waals surface area contributed by atoms with Crippen LogP contribution in [-0.4, -0.2) is 18.8 Å². The Bertz CT molecular complexity index is 110. The lowest BCUT2D eigenvalue weighted by atomic mass is 10.0. The first-order chi connectivity index (χ1) is 5.83. The van der Waals surface area contributed by atoms with Crippen LogP contribution in [0, 0.1) is 0 Å². The smallest absolute Gasteiger partial charge is 0.0576 e. The lowest BCUT2D eigenvalue weighted by molar-refractivity contribution is 0.100. The average Bonchev–Trinajstić information content (AvgIpc) is 2.53. The van der Waals surface area contributed by atoms with Crippen LogP contribution in [0.2, 0.25) is 0 Å². The number of hydrogen-bond donors (Lipinski definition) is 1. The van der Waals surface area contributed by atoms with Crippen molar-refractivity contribution in [3.05, 3.63) is 0 Å². The highest BCUT2D eigenvalue weighted by atomic mass is 16.5. The van der Waals surface area contributed by atoms with E-state index in [-0.39, 0.29) is 0 Å². The van der Waals surface area contributed by atoms with E-state index in [4.69, 9.17) is 10.5 Å². The van der Waals surface area contributed by atoms with Crippen molar-refractivity contribution >= 4 is 0 Å². The molecule has 1 heterocycles. The number of rotatable bonds is 5. The summed E-state index contributed by atoms with van der Waals surface area (Å²) in [6.45, 7) is 3.15. The SMILES string of the molecule is CCCC(N)CCC1CCCO1. The van der Waals surface area contributed by atoms with Crippen LogP contribution < -0.4 is 5.73 Å². The first-order valence-corrected chi connectivity index (χ1v) is 5.20. The van der Waals surface area contributed by atoms with Crippen LogP contribution in [0.5, 0.6) is 0 Å². The van der Waals surface area contributed by atoms with E-state index in [2.05, 4.69) is 6.92 Å². The Morgan fingerprint density at radius 2 is 2.33 bits per heavy atom. The molecule has 0 bridgehead atoms. The largest absolute Gasteiger partial charge is 0.378 e. The predicted octanol–water partition coefficient (Wildman–Crippen LogP) is 2.07. The molecule has 0 spiro atoms. The Kier molecular flexibility index (Phi) is 4.62. The van der Waals surface area contributed by atoms with Gasteiger partial charge in [0.25, 0.3) is 0 Å². The van der Waals surface area contributed by atoms with Crippen LogP contribution >= 0.6 is 0 Å². The second kappa shape index (κ2) is 5.55. The summed E-state index contributed by atoms with van der Waals surface area (Å²) in [6, 6.07) is 0.402. The minimum Gasteiger partial charge on any atom is -0.378 e. The summed E-state index contributed by atoms with van der Waals surface area (Å²) < 4.78 is 5.53. The Labute approximate surface area is 75.5 Å². The number of nitrogens with two attached hydrogens (primary N) is 1. The summed E-state index contributed by atoms with van der Waals surface area (Å²) in [5, 5.41) is 0. The second-order valence-electron chi connectivity index (χ2n) is 3.76. The van der Waals surface area contributed by atoms with Gasteiger partial charge in [0.1, 0.15) is 0 Å². The fraction of sp³-hybridized carbons (Fsp3) is 1.00. The number of ether oxygens (including phenoxy) is 1. The molecular formula is C10H21NO. The van der Waals surface area contributed by atoms with Crippen LogP contribution in [-0.2, 0) is 4.74 Å². The maximum atomic E-state index is 5.91. The highest BCUT2D eigenvalue weighted by molar-refractivity contribution is 4.69. The molecule has 2 nitrogen and oxygen atoms in total. The van der Waals surface area contributed by atoms with E-state index >= 15 is 0 Å². The summed E-state index contributed by atoms with van der Waals surface area (Å²) in [4.78, 5) is 0. The molecule has 1 saturated heterocycles. The van der Waals surface area contributed by atoms with Gasteiger partial charge in [-0.3, -0.25) is 0 Å². The summed E-state index contributed by atoms with van der Waals surface area (Å²) in [7, 11) is 0. The minimum absolute atomic E-state index is 0.402. The van der Waals surface area contributed by atoms with Gasteiger partial charge in [-0.1, -0.05) is 13.3 Å². The van der Waals surface area contributed by atoms with E-state index < -0.39 is 0 Å². The fourth-order valence-electron chi connectivity index (χ4n) is 1.79. The summed E-state index contributed by atoms with van der Waals surface area (Å²) in [5.74, 6) is 0. The van der Waals surface area contributed by atoms with Crippen LogP contribution in [0.15, 0.2) is 0 Å². The van der Waals surface area contributed by atoms with Crippen LogP contribution in [0.4, 0.5) is 0 Å². The van der Waals surface area contributed by atoms with Gasteiger partial charge in [0.2, 0.25) is 0 Å². The molecular weight excluding hydrogens is 150 g/mol. The van der Waals surface area contributed by atoms with E-state index in [9.17, 15) is 0 Å². The highest BCUT2D eigenvalue weighted by Gasteiger charge is 2.15. The molecule has 1 fully saturated rings. The van der Waals surface area contributed by atoms with Crippen LogP contribution in [0.1, 0.15) is 45.4 Å². The lowest BCUT2D eigenvalue weighted by Gasteiger charge is -2.13. The fourth-order valence-corrected chi connectivity index (χ4v) is 1.79. The Hall–Kier alpha value is -0.0800. The van der Waals surface area contributed by atoms with Crippen molar-refractivity contribution in [3.8, 4) is 0 Å². The average molecular weight is 171 g/mol. The molecule has 1 rings (SSSR count). The molecule has 0 aromatic carbocycles. The molecule has 2 heteroatoms. The van der Waals surface area contributed by atoms with Crippen molar-refractivity contribution in [2.45, 2.75) is 57.6 Å². The molecule has 72 valence electrons. The molecule has 1 aliphatic heterocycles. The monoisotopic (exact) mass is 171 g/mol. The zero-order valence-corrected chi connectivity index (χ0v) is 8.09. The molecule has 0 aromatic rings. The Morgan fingerprint density at radius 3 is 2.92 bits per heavy atom. The topological polar surface area (TPSA) is 35.2 Å². The molecule has 0 saturated carbocycles. The van der Waals surface area contributed by atoms with Crippen molar-refractivity contribution < 1.29 is 4.74 Å². The Balaban J connectivity index is 1.99. The molecule has 0 radical (unpaired) electrons. The third-order valence-corrected chi connectivity index (χ3v) is 2.54. The molecule has 1 aliphatic rings. The third kappa shape index (κ3) is 3.55. The third-order valence-electron chi connectivity index (χ3n) is 2.54. The molecule has 2 N–H and O–H groups in total. The van der Waals surface area contributed by atoms with Crippen LogP contribution in [0.3, 0.4) is 0 Å². The van der Waals surface area contributed by atoms with E-state index in [0.717, 1.165) is 19.4 Å².